The van der Waals surface area contributed by atoms with Gasteiger partial charge in [0.1, 0.15) is 0 Å². The predicted molar refractivity (Wildman–Crippen MR) is 79.9 cm³/mol. The number of rotatable bonds is 3. The molecule has 0 radical (unpaired) electrons. The number of thiophene rings is 1. The van der Waals surface area contributed by atoms with Crippen LogP contribution in [0.4, 0.5) is 0 Å². The average Bonchev–Trinajstić information content (AvgIpc) is 2.95. The van der Waals surface area contributed by atoms with Gasteiger partial charge < -0.3 is 0 Å². The highest BCUT2D eigenvalue weighted by molar-refractivity contribution is 8.03. The highest BCUT2D eigenvalue weighted by atomic mass is 32.2. The van der Waals surface area contributed by atoms with Gasteiger partial charge in [0.2, 0.25) is 0 Å². The minimum absolute atomic E-state index is 1.05. The van der Waals surface area contributed by atoms with Crippen molar-refractivity contribution < 1.29 is 0 Å². The van der Waals surface area contributed by atoms with E-state index < -0.39 is 0 Å². The molecular weight excluding hydrogens is 258 g/mol. The second-order valence-electron chi connectivity index (χ2n) is 4.08. The fraction of sp³-hybridized carbons (Fsp3) is 0.133. The Balaban J connectivity index is 1.75. The van der Waals surface area contributed by atoms with Gasteiger partial charge in [-0.3, -0.25) is 4.98 Å². The molecule has 3 rings (SSSR count). The number of pyridine rings is 1. The fourth-order valence-corrected chi connectivity index (χ4v) is 3.35. The molecule has 0 fully saturated rings. The van der Waals surface area contributed by atoms with Crippen molar-refractivity contribution in [1.29, 1.82) is 0 Å². The summed E-state index contributed by atoms with van der Waals surface area (Å²) in [5.74, 6) is 0. The molecule has 1 aliphatic carbocycles. The van der Waals surface area contributed by atoms with Crippen LogP contribution in [-0.4, -0.2) is 4.98 Å². The van der Waals surface area contributed by atoms with E-state index in [4.69, 9.17) is 0 Å². The summed E-state index contributed by atoms with van der Waals surface area (Å²) >= 11 is 3.49. The first-order chi connectivity index (χ1) is 8.92. The van der Waals surface area contributed by atoms with Gasteiger partial charge in [-0.15, -0.1) is 0 Å². The van der Waals surface area contributed by atoms with Crippen LogP contribution < -0.4 is 0 Å². The molecule has 18 heavy (non-hydrogen) atoms. The number of hydrogen-bond acceptors (Lipinski definition) is 3. The van der Waals surface area contributed by atoms with Crippen molar-refractivity contribution in [2.24, 2.45) is 0 Å². The lowest BCUT2D eigenvalue weighted by atomic mass is 10.2. The Morgan fingerprint density at radius 1 is 1.17 bits per heavy atom. The molecule has 0 atom stereocenters. The van der Waals surface area contributed by atoms with E-state index in [9.17, 15) is 0 Å². The Morgan fingerprint density at radius 2 is 2.17 bits per heavy atom. The minimum atomic E-state index is 1.05. The average molecular weight is 271 g/mol. The summed E-state index contributed by atoms with van der Waals surface area (Å²) in [7, 11) is 0. The molecule has 0 spiro atoms. The van der Waals surface area contributed by atoms with Gasteiger partial charge >= 0.3 is 0 Å². The smallest absolute Gasteiger partial charge is 0.0711 e. The maximum atomic E-state index is 4.52. The molecule has 0 aliphatic heterocycles. The lowest BCUT2D eigenvalue weighted by Crippen LogP contribution is -1.83. The molecule has 1 nitrogen and oxygen atoms in total. The molecule has 0 bridgehead atoms. The topological polar surface area (TPSA) is 12.9 Å². The predicted octanol–water partition coefficient (Wildman–Crippen LogP) is 5.14. The van der Waals surface area contributed by atoms with E-state index >= 15 is 0 Å². The van der Waals surface area contributed by atoms with Crippen LogP contribution in [0.15, 0.2) is 63.2 Å². The molecule has 0 saturated heterocycles. The standard InChI is InChI=1S/C15H13NS2/c1-2-4-13(5-3-1)18-14-6-7-15(16-10-14)12-8-9-17-11-12/h2,4-11H,1,3H2. The highest BCUT2D eigenvalue weighted by Crippen LogP contribution is 2.30. The maximum Gasteiger partial charge on any atom is 0.0711 e. The Hall–Kier alpha value is -1.32. The number of nitrogens with zero attached hydrogens (tertiary/aromatic N) is 1. The van der Waals surface area contributed by atoms with Gasteiger partial charge in [-0.2, -0.15) is 11.3 Å². The second-order valence-corrected chi connectivity index (χ2v) is 6.01. The van der Waals surface area contributed by atoms with Gasteiger partial charge in [0, 0.05) is 26.9 Å². The zero-order chi connectivity index (χ0) is 12.2. The lowest BCUT2D eigenvalue weighted by molar-refractivity contribution is 1.03. The van der Waals surface area contributed by atoms with Gasteiger partial charge in [0.15, 0.2) is 0 Å². The third kappa shape index (κ3) is 2.74. The van der Waals surface area contributed by atoms with Gasteiger partial charge in [0.25, 0.3) is 0 Å². The zero-order valence-electron chi connectivity index (χ0n) is 9.87. The van der Waals surface area contributed by atoms with Gasteiger partial charge in [-0.1, -0.05) is 30.0 Å². The Morgan fingerprint density at radius 3 is 2.83 bits per heavy atom. The van der Waals surface area contributed by atoms with Gasteiger partial charge in [-0.25, -0.2) is 0 Å². The summed E-state index contributed by atoms with van der Waals surface area (Å²) in [5.41, 5.74) is 2.25. The third-order valence-electron chi connectivity index (χ3n) is 2.75. The molecule has 0 amide bonds. The Bertz CT molecular complexity index is 565. The van der Waals surface area contributed by atoms with Crippen molar-refractivity contribution in [3.05, 3.63) is 58.3 Å². The summed E-state index contributed by atoms with van der Waals surface area (Å²) in [5, 5.41) is 4.21. The number of hydrogen-bond donors (Lipinski definition) is 0. The summed E-state index contributed by atoms with van der Waals surface area (Å²) in [4.78, 5) is 7.05. The summed E-state index contributed by atoms with van der Waals surface area (Å²) in [6, 6.07) is 6.34. The monoisotopic (exact) mass is 271 g/mol. The van der Waals surface area contributed by atoms with E-state index in [1.807, 2.05) is 6.20 Å². The highest BCUT2D eigenvalue weighted by Gasteiger charge is 2.03. The van der Waals surface area contributed by atoms with Crippen LogP contribution in [0.3, 0.4) is 0 Å². The summed E-state index contributed by atoms with van der Waals surface area (Å²) < 4.78 is 0. The van der Waals surface area contributed by atoms with Gasteiger partial charge in [0.05, 0.1) is 5.69 Å². The van der Waals surface area contributed by atoms with E-state index in [0.717, 1.165) is 12.1 Å². The van der Waals surface area contributed by atoms with Crippen molar-refractivity contribution in [2.75, 3.05) is 0 Å². The lowest BCUT2D eigenvalue weighted by Gasteiger charge is -2.06. The van der Waals surface area contributed by atoms with Crippen molar-refractivity contribution in [3.63, 3.8) is 0 Å². The van der Waals surface area contributed by atoms with Crippen LogP contribution in [0.2, 0.25) is 0 Å². The van der Waals surface area contributed by atoms with Crippen LogP contribution in [0, 0.1) is 0 Å². The van der Waals surface area contributed by atoms with E-state index in [0.29, 0.717) is 0 Å². The molecule has 90 valence electrons. The molecule has 0 saturated carbocycles. The van der Waals surface area contributed by atoms with E-state index in [2.05, 4.69) is 52.2 Å². The molecule has 3 heteroatoms. The SMILES string of the molecule is C1=CC(Sc2ccc(-c3ccsc3)nc2)=CCC1. The van der Waals surface area contributed by atoms with Crippen LogP contribution >= 0.6 is 23.1 Å². The zero-order valence-corrected chi connectivity index (χ0v) is 11.5. The molecule has 0 N–H and O–H groups in total. The van der Waals surface area contributed by atoms with Crippen LogP contribution in [0.25, 0.3) is 11.3 Å². The van der Waals surface area contributed by atoms with Gasteiger partial charge in [-0.05, 0) is 36.4 Å². The Kier molecular flexibility index (Phi) is 3.62. The fourth-order valence-electron chi connectivity index (χ4n) is 1.82. The van der Waals surface area contributed by atoms with Crippen molar-refractivity contribution in [1.82, 2.24) is 4.98 Å². The minimum Gasteiger partial charge on any atom is -0.255 e. The first-order valence-corrected chi connectivity index (χ1v) is 7.71. The first-order valence-electron chi connectivity index (χ1n) is 5.95. The number of allylic oxidation sites excluding steroid dienone is 3. The number of thioether (sulfide) groups is 1. The maximum absolute atomic E-state index is 4.52. The molecular formula is C15H13NS2. The Labute approximate surface area is 115 Å². The van der Waals surface area contributed by atoms with E-state index in [1.165, 1.54) is 21.8 Å². The molecule has 2 aromatic heterocycles. The van der Waals surface area contributed by atoms with Crippen LogP contribution in [0.5, 0.6) is 0 Å². The molecule has 1 aliphatic rings. The summed E-state index contributed by atoms with van der Waals surface area (Å²) in [6.45, 7) is 0. The van der Waals surface area contributed by atoms with Crippen LogP contribution in [0.1, 0.15) is 12.8 Å². The molecule has 0 aromatic carbocycles. The largest absolute Gasteiger partial charge is 0.255 e. The van der Waals surface area contributed by atoms with Crippen molar-refractivity contribution >= 4 is 23.1 Å². The third-order valence-corrected chi connectivity index (χ3v) is 4.45. The van der Waals surface area contributed by atoms with Crippen molar-refractivity contribution in [2.45, 2.75) is 17.7 Å². The molecule has 2 heterocycles. The first kappa shape index (κ1) is 11.8. The molecule has 0 unspecified atom stereocenters. The van der Waals surface area contributed by atoms with Crippen molar-refractivity contribution in [3.8, 4) is 11.3 Å². The normalized spacial score (nSPS) is 14.6. The second kappa shape index (κ2) is 5.55. The summed E-state index contributed by atoms with van der Waals surface area (Å²) in [6.07, 6.45) is 11.0. The van der Waals surface area contributed by atoms with E-state index in [1.54, 1.807) is 23.1 Å². The number of aromatic nitrogens is 1. The van der Waals surface area contributed by atoms with Crippen LogP contribution in [-0.2, 0) is 0 Å². The quantitative estimate of drug-likeness (QED) is 0.767. The molecule has 2 aromatic rings. The van der Waals surface area contributed by atoms with E-state index in [-0.39, 0.29) is 0 Å².